The number of rotatable bonds is 9. The average molecular weight is 452 g/mol. The molecule has 2 heterocycles. The van der Waals surface area contributed by atoms with Gasteiger partial charge >= 0.3 is 0 Å². The second-order valence-corrected chi connectivity index (χ2v) is 8.15. The van der Waals surface area contributed by atoms with Gasteiger partial charge in [0.2, 0.25) is 0 Å². The summed E-state index contributed by atoms with van der Waals surface area (Å²) in [6, 6.07) is 25.3. The number of imidazole rings is 1. The summed E-state index contributed by atoms with van der Waals surface area (Å²) in [5, 5.41) is 8.12. The van der Waals surface area contributed by atoms with Gasteiger partial charge in [-0.3, -0.25) is 0 Å². The number of benzene rings is 3. The van der Waals surface area contributed by atoms with E-state index in [4.69, 9.17) is 0 Å². The highest BCUT2D eigenvalue weighted by molar-refractivity contribution is 5.68. The van der Waals surface area contributed by atoms with Crippen molar-refractivity contribution in [3.05, 3.63) is 115 Å². The van der Waals surface area contributed by atoms with E-state index in [0.717, 1.165) is 47.6 Å². The van der Waals surface area contributed by atoms with Gasteiger partial charge in [-0.1, -0.05) is 54.6 Å². The molecule has 0 saturated carbocycles. The van der Waals surface area contributed by atoms with Gasteiger partial charge < -0.3 is 9.88 Å². The van der Waals surface area contributed by atoms with E-state index in [-0.39, 0.29) is 5.82 Å². The fraction of sp³-hybridized carbons (Fsp3) is 0.143. The first-order valence-electron chi connectivity index (χ1n) is 11.4. The lowest BCUT2D eigenvalue weighted by Gasteiger charge is -2.12. The van der Waals surface area contributed by atoms with E-state index in [0.29, 0.717) is 12.1 Å². The predicted molar refractivity (Wildman–Crippen MR) is 133 cm³/mol. The molecule has 5 nitrogen and oxygen atoms in total. The summed E-state index contributed by atoms with van der Waals surface area (Å²) in [5.74, 6) is -0.258. The van der Waals surface area contributed by atoms with Crippen molar-refractivity contribution in [1.29, 1.82) is 0 Å². The first kappa shape index (κ1) is 21.8. The van der Waals surface area contributed by atoms with Crippen molar-refractivity contribution in [2.24, 2.45) is 0 Å². The molecule has 0 radical (unpaired) electrons. The normalized spacial score (nSPS) is 11.1. The lowest BCUT2D eigenvalue weighted by Crippen LogP contribution is -2.16. The van der Waals surface area contributed by atoms with Crippen LogP contribution in [-0.2, 0) is 13.1 Å². The molecule has 0 aliphatic heterocycles. The van der Waals surface area contributed by atoms with Gasteiger partial charge in [0, 0.05) is 36.6 Å². The standard InChI is InChI=1S/C28H26FN5/c29-27-10-5-4-9-26(27)28-24(19-30-15-6-17-33-18-16-31-21-33)20-32-34(28)25-13-11-23(12-14-25)22-7-2-1-3-8-22/h1-5,7-14,16,18,20-21,30H,6,15,17,19H2. The Morgan fingerprint density at radius 1 is 0.853 bits per heavy atom. The highest BCUT2D eigenvalue weighted by atomic mass is 19.1. The molecule has 34 heavy (non-hydrogen) atoms. The van der Waals surface area contributed by atoms with E-state index in [1.54, 1.807) is 12.3 Å². The summed E-state index contributed by atoms with van der Waals surface area (Å²) in [6.45, 7) is 2.35. The zero-order chi connectivity index (χ0) is 23.2. The van der Waals surface area contributed by atoms with Gasteiger partial charge in [-0.05, 0) is 48.4 Å². The highest BCUT2D eigenvalue weighted by Gasteiger charge is 2.17. The molecule has 6 heteroatoms. The Kier molecular flexibility index (Phi) is 6.59. The van der Waals surface area contributed by atoms with Crippen molar-refractivity contribution >= 4 is 0 Å². The maximum absolute atomic E-state index is 14.8. The Labute approximate surface area is 198 Å². The molecule has 0 fully saturated rings. The Hall–Kier alpha value is -4.03. The smallest absolute Gasteiger partial charge is 0.132 e. The number of hydrogen-bond donors (Lipinski definition) is 1. The van der Waals surface area contributed by atoms with Crippen LogP contribution in [0.1, 0.15) is 12.0 Å². The third kappa shape index (κ3) is 4.82. The SMILES string of the molecule is Fc1ccccc1-c1c(CNCCCn2ccnc2)cnn1-c1ccc(-c2ccccc2)cc1. The Balaban J connectivity index is 1.39. The second-order valence-electron chi connectivity index (χ2n) is 8.15. The van der Waals surface area contributed by atoms with E-state index in [1.807, 2.05) is 65.9 Å². The molecule has 3 aromatic carbocycles. The van der Waals surface area contributed by atoms with Crippen LogP contribution in [0.5, 0.6) is 0 Å². The van der Waals surface area contributed by atoms with Gasteiger partial charge in [0.25, 0.3) is 0 Å². The van der Waals surface area contributed by atoms with E-state index in [9.17, 15) is 4.39 Å². The van der Waals surface area contributed by atoms with Crippen LogP contribution in [0.25, 0.3) is 28.1 Å². The molecule has 1 N–H and O–H groups in total. The van der Waals surface area contributed by atoms with Crippen LogP contribution in [0, 0.1) is 5.82 Å². The van der Waals surface area contributed by atoms with Gasteiger partial charge in [0.05, 0.1) is 23.9 Å². The summed E-state index contributed by atoms with van der Waals surface area (Å²) in [6.07, 6.45) is 8.37. The largest absolute Gasteiger partial charge is 0.337 e. The Morgan fingerprint density at radius 3 is 2.38 bits per heavy atom. The molecule has 0 spiro atoms. The second kappa shape index (κ2) is 10.3. The number of nitrogens with zero attached hydrogens (tertiary/aromatic N) is 4. The fourth-order valence-electron chi connectivity index (χ4n) is 4.10. The zero-order valence-electron chi connectivity index (χ0n) is 18.8. The lowest BCUT2D eigenvalue weighted by molar-refractivity contribution is 0.580. The van der Waals surface area contributed by atoms with Crippen molar-refractivity contribution < 1.29 is 4.39 Å². The summed E-state index contributed by atoms with van der Waals surface area (Å²) >= 11 is 0. The van der Waals surface area contributed by atoms with Crippen molar-refractivity contribution in [1.82, 2.24) is 24.6 Å². The molecule has 5 aromatic rings. The van der Waals surface area contributed by atoms with E-state index >= 15 is 0 Å². The summed E-state index contributed by atoms with van der Waals surface area (Å²) < 4.78 is 18.7. The molecule has 0 bridgehead atoms. The summed E-state index contributed by atoms with van der Waals surface area (Å²) in [4.78, 5) is 4.07. The average Bonchev–Trinajstić information content (AvgIpc) is 3.55. The lowest BCUT2D eigenvalue weighted by atomic mass is 10.0. The number of halogens is 1. The minimum Gasteiger partial charge on any atom is -0.337 e. The van der Waals surface area contributed by atoms with Gasteiger partial charge in [-0.15, -0.1) is 0 Å². The Bertz CT molecular complexity index is 1330. The van der Waals surface area contributed by atoms with E-state index in [1.165, 1.54) is 6.07 Å². The topological polar surface area (TPSA) is 47.7 Å². The molecule has 5 rings (SSSR count). The van der Waals surface area contributed by atoms with Gasteiger partial charge in [0.15, 0.2) is 0 Å². The van der Waals surface area contributed by atoms with Crippen LogP contribution in [0.2, 0.25) is 0 Å². The molecular formula is C28H26FN5. The fourth-order valence-corrected chi connectivity index (χ4v) is 4.10. The molecular weight excluding hydrogens is 425 g/mol. The number of hydrogen-bond acceptors (Lipinski definition) is 3. The quantitative estimate of drug-likeness (QED) is 0.292. The molecule has 0 atom stereocenters. The zero-order valence-corrected chi connectivity index (χ0v) is 18.8. The molecule has 0 aliphatic rings. The maximum Gasteiger partial charge on any atom is 0.132 e. The van der Waals surface area contributed by atoms with Gasteiger partial charge in [-0.25, -0.2) is 14.1 Å². The van der Waals surface area contributed by atoms with Crippen LogP contribution >= 0.6 is 0 Å². The van der Waals surface area contributed by atoms with Crippen LogP contribution in [0.3, 0.4) is 0 Å². The highest BCUT2D eigenvalue weighted by Crippen LogP contribution is 2.30. The van der Waals surface area contributed by atoms with Gasteiger partial charge in [-0.2, -0.15) is 5.10 Å². The first-order valence-corrected chi connectivity index (χ1v) is 11.4. The molecule has 0 aliphatic carbocycles. The summed E-state index contributed by atoms with van der Waals surface area (Å²) in [7, 11) is 0. The van der Waals surface area contributed by atoms with Crippen molar-refractivity contribution in [2.75, 3.05) is 6.54 Å². The minimum absolute atomic E-state index is 0.258. The third-order valence-electron chi connectivity index (χ3n) is 5.84. The molecule has 170 valence electrons. The summed E-state index contributed by atoms with van der Waals surface area (Å²) in [5.41, 5.74) is 5.45. The number of nitrogens with one attached hydrogen (secondary N) is 1. The monoisotopic (exact) mass is 451 g/mol. The van der Waals surface area contributed by atoms with Crippen LogP contribution in [0.15, 0.2) is 104 Å². The predicted octanol–water partition coefficient (Wildman–Crippen LogP) is 5.72. The van der Waals surface area contributed by atoms with Crippen LogP contribution < -0.4 is 5.32 Å². The van der Waals surface area contributed by atoms with E-state index < -0.39 is 0 Å². The minimum atomic E-state index is -0.258. The molecule has 0 saturated heterocycles. The maximum atomic E-state index is 14.8. The van der Waals surface area contributed by atoms with Gasteiger partial charge in [0.1, 0.15) is 5.82 Å². The Morgan fingerprint density at radius 2 is 1.62 bits per heavy atom. The van der Waals surface area contributed by atoms with Crippen LogP contribution in [-0.4, -0.2) is 25.9 Å². The first-order chi connectivity index (χ1) is 16.8. The molecule has 0 amide bonds. The molecule has 0 unspecified atom stereocenters. The van der Waals surface area contributed by atoms with Crippen molar-refractivity contribution in [2.45, 2.75) is 19.5 Å². The molecule has 2 aromatic heterocycles. The van der Waals surface area contributed by atoms with Crippen LogP contribution in [0.4, 0.5) is 4.39 Å². The number of aryl methyl sites for hydroxylation is 1. The van der Waals surface area contributed by atoms with Crippen molar-refractivity contribution in [3.8, 4) is 28.1 Å². The van der Waals surface area contributed by atoms with Crippen molar-refractivity contribution in [3.63, 3.8) is 0 Å². The number of aromatic nitrogens is 4. The van der Waals surface area contributed by atoms with E-state index in [2.05, 4.69) is 44.2 Å². The third-order valence-corrected chi connectivity index (χ3v) is 5.84.